The van der Waals surface area contributed by atoms with Crippen molar-refractivity contribution in [2.24, 2.45) is 0 Å². The minimum Gasteiger partial charge on any atom is -0.383 e. The monoisotopic (exact) mass is 298 g/mol. The van der Waals surface area contributed by atoms with Crippen LogP contribution in [0.15, 0.2) is 35.4 Å². The molecular formula is C12H15FN4O2S. The summed E-state index contributed by atoms with van der Waals surface area (Å²) in [5.74, 6) is -0.415. The fraction of sp³-hybridized carbons (Fsp3) is 0.250. The fourth-order valence-corrected chi connectivity index (χ4v) is 3.28. The number of aromatic amines is 1. The Morgan fingerprint density at radius 3 is 2.75 bits per heavy atom. The Hall–Kier alpha value is -1.93. The maximum atomic E-state index is 13.2. The molecule has 6 nitrogen and oxygen atoms in total. The molecule has 0 aliphatic rings. The zero-order chi connectivity index (χ0) is 14.8. The van der Waals surface area contributed by atoms with Crippen LogP contribution in [-0.4, -0.2) is 29.5 Å². The average Bonchev–Trinajstić information content (AvgIpc) is 2.83. The Labute approximate surface area is 116 Å². The summed E-state index contributed by atoms with van der Waals surface area (Å²) in [5, 5.41) is 6.00. The SMILES string of the molecule is CCN(Cc1cccc(F)c1)S(=O)(=O)c1cn[nH]c1N. The summed E-state index contributed by atoms with van der Waals surface area (Å²) in [7, 11) is -3.76. The molecule has 3 N–H and O–H groups in total. The maximum absolute atomic E-state index is 13.2. The third-order valence-corrected chi connectivity index (χ3v) is 4.80. The zero-order valence-electron chi connectivity index (χ0n) is 10.9. The molecule has 0 saturated carbocycles. The van der Waals surface area contributed by atoms with E-state index in [-0.39, 0.29) is 23.8 Å². The minimum absolute atomic E-state index is 0.0114. The van der Waals surface area contributed by atoms with E-state index in [1.165, 1.54) is 28.7 Å². The quantitative estimate of drug-likeness (QED) is 0.871. The number of nitrogens with two attached hydrogens (primary N) is 1. The summed E-state index contributed by atoms with van der Waals surface area (Å²) < 4.78 is 39.2. The van der Waals surface area contributed by atoms with Gasteiger partial charge in [-0.2, -0.15) is 9.40 Å². The normalized spacial score (nSPS) is 11.9. The lowest BCUT2D eigenvalue weighted by atomic mass is 10.2. The Morgan fingerprint density at radius 1 is 1.45 bits per heavy atom. The lowest BCUT2D eigenvalue weighted by Crippen LogP contribution is -2.30. The smallest absolute Gasteiger partial charge is 0.248 e. The van der Waals surface area contributed by atoms with E-state index >= 15 is 0 Å². The molecular weight excluding hydrogens is 283 g/mol. The highest BCUT2D eigenvalue weighted by atomic mass is 32.2. The van der Waals surface area contributed by atoms with Crippen LogP contribution in [0, 0.1) is 5.82 Å². The number of nitrogen functional groups attached to an aromatic ring is 1. The largest absolute Gasteiger partial charge is 0.383 e. The van der Waals surface area contributed by atoms with Crippen molar-refractivity contribution in [2.75, 3.05) is 12.3 Å². The number of H-pyrrole nitrogens is 1. The first-order valence-corrected chi connectivity index (χ1v) is 7.42. The highest BCUT2D eigenvalue weighted by Crippen LogP contribution is 2.21. The first-order chi connectivity index (χ1) is 9.45. The lowest BCUT2D eigenvalue weighted by molar-refractivity contribution is 0.423. The molecule has 2 rings (SSSR count). The Bertz CT molecular complexity index is 699. The van der Waals surface area contributed by atoms with Gasteiger partial charge in [-0.25, -0.2) is 12.8 Å². The molecule has 8 heteroatoms. The molecule has 0 amide bonds. The Kier molecular flexibility index (Phi) is 4.05. The number of benzene rings is 1. The Balaban J connectivity index is 2.31. The van der Waals surface area contributed by atoms with Gasteiger partial charge in [-0.3, -0.25) is 5.10 Å². The molecule has 0 aliphatic heterocycles. The van der Waals surface area contributed by atoms with E-state index < -0.39 is 15.8 Å². The van der Waals surface area contributed by atoms with Gasteiger partial charge in [-0.1, -0.05) is 19.1 Å². The van der Waals surface area contributed by atoms with Gasteiger partial charge in [0.2, 0.25) is 10.0 Å². The van der Waals surface area contributed by atoms with Crippen molar-refractivity contribution in [3.05, 3.63) is 41.8 Å². The molecule has 2 aromatic rings. The molecule has 108 valence electrons. The number of rotatable bonds is 5. The Morgan fingerprint density at radius 2 is 2.20 bits per heavy atom. The van der Waals surface area contributed by atoms with E-state index in [9.17, 15) is 12.8 Å². The molecule has 0 bridgehead atoms. The van der Waals surface area contributed by atoms with Gasteiger partial charge in [0.15, 0.2) is 0 Å². The van der Waals surface area contributed by atoms with E-state index in [0.29, 0.717) is 5.56 Å². The summed E-state index contributed by atoms with van der Waals surface area (Å²) in [6, 6.07) is 5.82. The standard InChI is InChI=1S/C12H15FN4O2S/c1-2-17(8-9-4-3-5-10(13)6-9)20(18,19)11-7-15-16-12(11)14/h3-7H,2,8H2,1H3,(H3,14,15,16). The molecule has 1 aromatic heterocycles. The van der Waals surface area contributed by atoms with E-state index in [1.807, 2.05) is 0 Å². The van der Waals surface area contributed by atoms with Crippen LogP contribution in [0.2, 0.25) is 0 Å². The molecule has 0 unspecified atom stereocenters. The van der Waals surface area contributed by atoms with Crippen molar-refractivity contribution in [1.82, 2.24) is 14.5 Å². The number of hydrogen-bond acceptors (Lipinski definition) is 4. The summed E-state index contributed by atoms with van der Waals surface area (Å²) in [6.07, 6.45) is 1.17. The topological polar surface area (TPSA) is 92.1 Å². The van der Waals surface area contributed by atoms with Gasteiger partial charge in [0, 0.05) is 13.1 Å². The third-order valence-electron chi connectivity index (χ3n) is 2.85. The van der Waals surface area contributed by atoms with Gasteiger partial charge in [0.1, 0.15) is 16.5 Å². The number of nitrogens with zero attached hydrogens (tertiary/aromatic N) is 2. The van der Waals surface area contributed by atoms with Crippen LogP contribution in [0.3, 0.4) is 0 Å². The van der Waals surface area contributed by atoms with Gasteiger partial charge >= 0.3 is 0 Å². The summed E-state index contributed by atoms with van der Waals surface area (Å²) >= 11 is 0. The van der Waals surface area contributed by atoms with E-state index in [4.69, 9.17) is 5.73 Å². The molecule has 20 heavy (non-hydrogen) atoms. The highest BCUT2D eigenvalue weighted by molar-refractivity contribution is 7.89. The summed E-state index contributed by atoms with van der Waals surface area (Å²) in [6.45, 7) is 2.01. The van der Waals surface area contributed by atoms with Crippen LogP contribution in [-0.2, 0) is 16.6 Å². The van der Waals surface area contributed by atoms with Crippen LogP contribution in [0.25, 0.3) is 0 Å². The van der Waals surface area contributed by atoms with Crippen molar-refractivity contribution in [1.29, 1.82) is 0 Å². The van der Waals surface area contributed by atoms with Gasteiger partial charge in [0.25, 0.3) is 0 Å². The summed E-state index contributed by atoms with van der Waals surface area (Å²) in [5.41, 5.74) is 6.12. The molecule has 0 spiro atoms. The fourth-order valence-electron chi connectivity index (χ4n) is 1.84. The number of hydrogen-bond donors (Lipinski definition) is 2. The van der Waals surface area contributed by atoms with Crippen molar-refractivity contribution in [3.8, 4) is 0 Å². The molecule has 1 heterocycles. The highest BCUT2D eigenvalue weighted by Gasteiger charge is 2.26. The second kappa shape index (κ2) is 5.59. The van der Waals surface area contributed by atoms with E-state index in [2.05, 4.69) is 10.2 Å². The van der Waals surface area contributed by atoms with Gasteiger partial charge in [0.05, 0.1) is 6.20 Å². The molecule has 0 atom stereocenters. The van der Waals surface area contributed by atoms with Crippen LogP contribution < -0.4 is 5.73 Å². The van der Waals surface area contributed by atoms with Crippen molar-refractivity contribution in [3.63, 3.8) is 0 Å². The van der Waals surface area contributed by atoms with Gasteiger partial charge < -0.3 is 5.73 Å². The molecule has 0 fully saturated rings. The number of anilines is 1. The molecule has 1 aromatic carbocycles. The van der Waals surface area contributed by atoms with E-state index in [0.717, 1.165) is 0 Å². The van der Waals surface area contributed by atoms with E-state index in [1.54, 1.807) is 13.0 Å². The number of aromatic nitrogens is 2. The van der Waals surface area contributed by atoms with Crippen molar-refractivity contribution in [2.45, 2.75) is 18.4 Å². The number of halogens is 1. The second-order valence-corrected chi connectivity index (χ2v) is 6.12. The lowest BCUT2D eigenvalue weighted by Gasteiger charge is -2.20. The average molecular weight is 298 g/mol. The molecule has 0 saturated heterocycles. The summed E-state index contributed by atoms with van der Waals surface area (Å²) in [4.78, 5) is -0.0734. The maximum Gasteiger partial charge on any atom is 0.248 e. The van der Waals surface area contributed by atoms with Crippen molar-refractivity contribution < 1.29 is 12.8 Å². The van der Waals surface area contributed by atoms with Crippen LogP contribution in [0.4, 0.5) is 10.2 Å². The van der Waals surface area contributed by atoms with Gasteiger partial charge in [-0.05, 0) is 17.7 Å². The van der Waals surface area contributed by atoms with Crippen LogP contribution in [0.1, 0.15) is 12.5 Å². The zero-order valence-corrected chi connectivity index (χ0v) is 11.7. The first kappa shape index (κ1) is 14.5. The van der Waals surface area contributed by atoms with Crippen molar-refractivity contribution >= 4 is 15.8 Å². The molecule has 0 radical (unpaired) electrons. The predicted octanol–water partition coefficient (Wildman–Crippen LogP) is 1.34. The third kappa shape index (κ3) is 2.81. The van der Waals surface area contributed by atoms with Gasteiger partial charge in [-0.15, -0.1) is 0 Å². The molecule has 0 aliphatic carbocycles. The van der Waals surface area contributed by atoms with Crippen LogP contribution >= 0.6 is 0 Å². The van der Waals surface area contributed by atoms with Crippen LogP contribution in [0.5, 0.6) is 0 Å². The second-order valence-electron chi connectivity index (χ2n) is 4.21. The minimum atomic E-state index is -3.76. The number of nitrogens with one attached hydrogen (secondary N) is 1. The number of sulfonamides is 1. The first-order valence-electron chi connectivity index (χ1n) is 5.98. The predicted molar refractivity (Wildman–Crippen MR) is 72.7 cm³/mol.